The molecule has 42 valence electrons. The number of esters is 1. The maximum absolute atomic E-state index is 10.2. The van der Waals surface area contributed by atoms with Crippen LogP contribution in [-0.2, 0) is 9.53 Å². The first-order valence-electron chi connectivity index (χ1n) is 2.07. The lowest BCUT2D eigenvalue weighted by molar-refractivity contribution is -0.135. The van der Waals surface area contributed by atoms with E-state index in [0.29, 0.717) is 0 Å². The standard InChI is InChI=1S/C6H6O2/c1-3-5-6(7)8-4-2/h2-3H,1,5H2. The number of terminal acetylenes is 1. The van der Waals surface area contributed by atoms with Crippen LogP contribution < -0.4 is 0 Å². The van der Waals surface area contributed by atoms with Crippen molar-refractivity contribution in [1.82, 2.24) is 0 Å². The summed E-state index contributed by atoms with van der Waals surface area (Å²) >= 11 is 0. The van der Waals surface area contributed by atoms with E-state index in [4.69, 9.17) is 0 Å². The average Bonchev–Trinajstić information content (AvgIpc) is 1.68. The molecule has 2 nitrogen and oxygen atoms in total. The van der Waals surface area contributed by atoms with E-state index in [1.807, 2.05) is 0 Å². The van der Waals surface area contributed by atoms with Gasteiger partial charge in [0.1, 0.15) is 6.11 Å². The van der Waals surface area contributed by atoms with Crippen LogP contribution in [0.4, 0.5) is 0 Å². The summed E-state index contributed by atoms with van der Waals surface area (Å²) in [6.45, 7) is 3.31. The number of ether oxygens (including phenoxy) is 1. The van der Waals surface area contributed by atoms with Crippen molar-refractivity contribution in [2.75, 3.05) is 0 Å². The Kier molecular flexibility index (Phi) is 3.34. The summed E-state index contributed by atoms with van der Waals surface area (Å²) in [7, 11) is 0. The van der Waals surface area contributed by atoms with Gasteiger partial charge in [-0.3, -0.25) is 4.79 Å². The van der Waals surface area contributed by atoms with Crippen LogP contribution in [0.5, 0.6) is 0 Å². The van der Waals surface area contributed by atoms with Crippen molar-refractivity contribution >= 4 is 5.97 Å². The van der Waals surface area contributed by atoms with Gasteiger partial charge in [-0.15, -0.1) is 6.58 Å². The van der Waals surface area contributed by atoms with Crippen LogP contribution in [0, 0.1) is 12.5 Å². The van der Waals surface area contributed by atoms with Gasteiger partial charge < -0.3 is 4.74 Å². The molecule has 0 unspecified atom stereocenters. The number of hydrogen-bond acceptors (Lipinski definition) is 2. The fourth-order valence-electron chi connectivity index (χ4n) is 0.225. The Bertz CT molecular complexity index is 130. The Hall–Kier alpha value is -1.23. The minimum absolute atomic E-state index is 0.171. The molecule has 0 rings (SSSR count). The molecule has 0 aliphatic heterocycles. The van der Waals surface area contributed by atoms with Gasteiger partial charge in [0.05, 0.1) is 6.42 Å². The molecular formula is C6H6O2. The molecule has 0 N–H and O–H groups in total. The molecule has 0 bridgehead atoms. The van der Waals surface area contributed by atoms with Crippen molar-refractivity contribution in [2.24, 2.45) is 0 Å². The third-order valence-electron chi connectivity index (χ3n) is 0.484. The molecule has 2 heteroatoms. The zero-order chi connectivity index (χ0) is 6.41. The summed E-state index contributed by atoms with van der Waals surface area (Å²) in [5.74, 6) is -0.442. The molecule has 0 saturated heterocycles. The average molecular weight is 110 g/mol. The minimum atomic E-state index is -0.442. The lowest BCUT2D eigenvalue weighted by atomic mass is 10.4. The SMILES string of the molecule is C#COC(=O)CC=C. The summed E-state index contributed by atoms with van der Waals surface area (Å²) in [4.78, 5) is 10.2. The van der Waals surface area contributed by atoms with Gasteiger partial charge in [-0.2, -0.15) is 0 Å². The summed E-state index contributed by atoms with van der Waals surface area (Å²) in [5, 5.41) is 0. The molecule has 0 aromatic heterocycles. The second kappa shape index (κ2) is 3.94. The number of carbonyl (C=O) groups excluding carboxylic acids is 1. The van der Waals surface area contributed by atoms with E-state index in [1.165, 1.54) is 6.08 Å². The first-order valence-corrected chi connectivity index (χ1v) is 2.07. The molecule has 0 radical (unpaired) electrons. The molecule has 0 saturated carbocycles. The smallest absolute Gasteiger partial charge is 0.323 e. The van der Waals surface area contributed by atoms with Crippen molar-refractivity contribution in [2.45, 2.75) is 6.42 Å². The van der Waals surface area contributed by atoms with Gasteiger partial charge in [-0.1, -0.05) is 12.5 Å². The Labute approximate surface area is 48.1 Å². The Morgan fingerprint density at radius 2 is 2.62 bits per heavy atom. The van der Waals surface area contributed by atoms with Crippen molar-refractivity contribution in [3.63, 3.8) is 0 Å². The first-order chi connectivity index (χ1) is 3.81. The Morgan fingerprint density at radius 1 is 2.00 bits per heavy atom. The summed E-state index contributed by atoms with van der Waals surface area (Å²) in [5.41, 5.74) is 0. The highest BCUT2D eigenvalue weighted by molar-refractivity contribution is 5.71. The number of rotatable bonds is 2. The lowest BCUT2D eigenvalue weighted by Crippen LogP contribution is -1.95. The lowest BCUT2D eigenvalue weighted by Gasteiger charge is -1.86. The van der Waals surface area contributed by atoms with E-state index >= 15 is 0 Å². The molecule has 0 aliphatic carbocycles. The number of carbonyl (C=O) groups is 1. The predicted octanol–water partition coefficient (Wildman–Crippen LogP) is 0.696. The highest BCUT2D eigenvalue weighted by atomic mass is 16.5. The highest BCUT2D eigenvalue weighted by Gasteiger charge is 1.93. The van der Waals surface area contributed by atoms with E-state index in [2.05, 4.69) is 17.7 Å². The molecule has 0 aromatic rings. The normalized spacial score (nSPS) is 6.88. The number of hydrogen-bond donors (Lipinski definition) is 0. The highest BCUT2D eigenvalue weighted by Crippen LogP contribution is 1.82. The van der Waals surface area contributed by atoms with E-state index in [1.54, 1.807) is 6.11 Å². The summed E-state index contributed by atoms with van der Waals surface area (Å²) in [6.07, 6.45) is 7.99. The molecule has 0 aliphatic rings. The largest absolute Gasteiger partial charge is 0.372 e. The fraction of sp³-hybridized carbons (Fsp3) is 0.167. The van der Waals surface area contributed by atoms with E-state index < -0.39 is 5.97 Å². The van der Waals surface area contributed by atoms with Crippen LogP contribution in [-0.4, -0.2) is 5.97 Å². The second-order valence-corrected chi connectivity index (χ2v) is 1.08. The molecule has 0 aromatic carbocycles. The zero-order valence-corrected chi connectivity index (χ0v) is 4.39. The molecule has 0 spiro atoms. The molecule has 0 amide bonds. The van der Waals surface area contributed by atoms with Crippen molar-refractivity contribution in [1.29, 1.82) is 0 Å². The Balaban J connectivity index is 3.36. The third kappa shape index (κ3) is 2.98. The van der Waals surface area contributed by atoms with E-state index in [-0.39, 0.29) is 6.42 Å². The van der Waals surface area contributed by atoms with Gasteiger partial charge in [-0.25, -0.2) is 0 Å². The van der Waals surface area contributed by atoms with E-state index in [9.17, 15) is 4.79 Å². The molecule has 8 heavy (non-hydrogen) atoms. The monoisotopic (exact) mass is 110 g/mol. The van der Waals surface area contributed by atoms with Crippen LogP contribution in [0.15, 0.2) is 12.7 Å². The Morgan fingerprint density at radius 3 is 3.00 bits per heavy atom. The van der Waals surface area contributed by atoms with E-state index in [0.717, 1.165) is 0 Å². The van der Waals surface area contributed by atoms with Gasteiger partial charge in [0, 0.05) is 0 Å². The van der Waals surface area contributed by atoms with Crippen LogP contribution in [0.25, 0.3) is 0 Å². The quantitative estimate of drug-likeness (QED) is 0.297. The van der Waals surface area contributed by atoms with Gasteiger partial charge in [0.25, 0.3) is 0 Å². The molecule has 0 fully saturated rings. The minimum Gasteiger partial charge on any atom is -0.372 e. The topological polar surface area (TPSA) is 26.3 Å². The van der Waals surface area contributed by atoms with Crippen molar-refractivity contribution in [3.05, 3.63) is 12.7 Å². The first kappa shape index (κ1) is 6.77. The van der Waals surface area contributed by atoms with Crippen LogP contribution >= 0.6 is 0 Å². The predicted molar refractivity (Wildman–Crippen MR) is 29.7 cm³/mol. The summed E-state index contributed by atoms with van der Waals surface area (Å²) < 4.78 is 4.10. The zero-order valence-electron chi connectivity index (χ0n) is 4.39. The van der Waals surface area contributed by atoms with Gasteiger partial charge >= 0.3 is 5.97 Å². The van der Waals surface area contributed by atoms with Crippen molar-refractivity contribution < 1.29 is 9.53 Å². The van der Waals surface area contributed by atoms with Crippen LogP contribution in [0.2, 0.25) is 0 Å². The summed E-state index contributed by atoms with van der Waals surface area (Å²) in [6, 6.07) is 0. The maximum Gasteiger partial charge on any atom is 0.323 e. The molecule has 0 atom stereocenters. The van der Waals surface area contributed by atoms with Gasteiger partial charge in [-0.05, 0) is 0 Å². The maximum atomic E-state index is 10.2. The molecule has 0 heterocycles. The molecular weight excluding hydrogens is 104 g/mol. The van der Waals surface area contributed by atoms with Crippen LogP contribution in [0.3, 0.4) is 0 Å². The van der Waals surface area contributed by atoms with Crippen molar-refractivity contribution in [3.8, 4) is 12.5 Å². The van der Waals surface area contributed by atoms with Gasteiger partial charge in [0.2, 0.25) is 0 Å². The second-order valence-electron chi connectivity index (χ2n) is 1.08. The van der Waals surface area contributed by atoms with Crippen LogP contribution in [0.1, 0.15) is 6.42 Å². The van der Waals surface area contributed by atoms with Gasteiger partial charge in [0.15, 0.2) is 0 Å². The third-order valence-corrected chi connectivity index (χ3v) is 0.484. The fourth-order valence-corrected chi connectivity index (χ4v) is 0.225.